The number of nitrogens with two attached hydrogens (primary N) is 1. The number of amides is 2. The van der Waals surface area contributed by atoms with Gasteiger partial charge < -0.3 is 16.0 Å². The maximum absolute atomic E-state index is 11.9. The van der Waals surface area contributed by atoms with Crippen molar-refractivity contribution < 1.29 is 9.59 Å². The van der Waals surface area contributed by atoms with Crippen LogP contribution >= 0.6 is 0 Å². The lowest BCUT2D eigenvalue weighted by atomic mass is 9.94. The van der Waals surface area contributed by atoms with Gasteiger partial charge in [-0.05, 0) is 19.8 Å². The van der Waals surface area contributed by atoms with E-state index in [2.05, 4.69) is 5.32 Å². The minimum Gasteiger partial charge on any atom is -0.355 e. The molecule has 5 nitrogen and oxygen atoms in total. The van der Waals surface area contributed by atoms with Crippen LogP contribution in [-0.2, 0) is 9.59 Å². The molecule has 1 rings (SSSR count). The molecule has 0 bridgehead atoms. The molecule has 0 atom stereocenters. The van der Waals surface area contributed by atoms with E-state index in [9.17, 15) is 9.59 Å². The van der Waals surface area contributed by atoms with Crippen LogP contribution in [0.4, 0.5) is 0 Å². The Morgan fingerprint density at radius 1 is 1.35 bits per heavy atom. The highest BCUT2D eigenvalue weighted by atomic mass is 16.2. The molecule has 0 heterocycles. The summed E-state index contributed by atoms with van der Waals surface area (Å²) in [6.45, 7) is 2.55. The van der Waals surface area contributed by atoms with Crippen molar-refractivity contribution in [2.24, 2.45) is 5.73 Å². The highest BCUT2D eigenvalue weighted by Gasteiger charge is 2.32. The van der Waals surface area contributed by atoms with E-state index in [1.807, 2.05) is 6.92 Å². The molecule has 0 radical (unpaired) electrons. The Bertz CT molecular complexity index is 285. The first-order valence-corrected chi connectivity index (χ1v) is 6.26. The van der Waals surface area contributed by atoms with Crippen LogP contribution in [0, 0.1) is 0 Å². The number of carbonyl (C=O) groups is 2. The number of rotatable bonds is 5. The second-order valence-electron chi connectivity index (χ2n) is 4.95. The quantitative estimate of drug-likeness (QED) is 0.724. The van der Waals surface area contributed by atoms with Gasteiger partial charge >= 0.3 is 0 Å². The lowest BCUT2D eigenvalue weighted by Crippen LogP contribution is -2.45. The maximum Gasteiger partial charge on any atom is 0.239 e. The average Bonchev–Trinajstić information content (AvgIpc) is 2.65. The van der Waals surface area contributed by atoms with Crippen LogP contribution < -0.4 is 11.1 Å². The largest absolute Gasteiger partial charge is 0.355 e. The number of nitrogens with zero attached hydrogens (tertiary/aromatic N) is 1. The Balaban J connectivity index is 2.38. The molecule has 0 saturated heterocycles. The molecule has 1 fully saturated rings. The summed E-state index contributed by atoms with van der Waals surface area (Å²) in [5, 5.41) is 2.67. The zero-order valence-corrected chi connectivity index (χ0v) is 10.8. The first kappa shape index (κ1) is 14.0. The normalized spacial score (nSPS) is 17.8. The van der Waals surface area contributed by atoms with Gasteiger partial charge in [0.15, 0.2) is 0 Å². The third-order valence-corrected chi connectivity index (χ3v) is 3.28. The van der Waals surface area contributed by atoms with Gasteiger partial charge in [-0.15, -0.1) is 0 Å². The lowest BCUT2D eigenvalue weighted by molar-refractivity contribution is -0.135. The molecule has 1 aliphatic rings. The maximum atomic E-state index is 11.9. The number of nitrogens with one attached hydrogen (secondary N) is 1. The first-order chi connectivity index (χ1) is 7.97. The van der Waals surface area contributed by atoms with Crippen molar-refractivity contribution in [2.45, 2.75) is 44.6 Å². The molecule has 1 aliphatic carbocycles. The lowest BCUT2D eigenvalue weighted by Gasteiger charge is -2.26. The number of likely N-dealkylation sites (N-methyl/N-ethyl adjacent to an activating group) is 2. The predicted molar refractivity (Wildman–Crippen MR) is 66.3 cm³/mol. The highest BCUT2D eigenvalue weighted by molar-refractivity contribution is 5.85. The van der Waals surface area contributed by atoms with Gasteiger partial charge in [0, 0.05) is 25.6 Å². The Morgan fingerprint density at radius 3 is 2.47 bits per heavy atom. The summed E-state index contributed by atoms with van der Waals surface area (Å²) in [5.74, 6) is -0.165. The van der Waals surface area contributed by atoms with Crippen molar-refractivity contribution in [3.8, 4) is 0 Å². The van der Waals surface area contributed by atoms with E-state index in [-0.39, 0.29) is 23.9 Å². The minimum atomic E-state index is -0.341. The Labute approximate surface area is 103 Å². The van der Waals surface area contributed by atoms with E-state index < -0.39 is 0 Å². The summed E-state index contributed by atoms with van der Waals surface area (Å²) in [4.78, 5) is 24.7. The molecular formula is C12H23N3O2. The zero-order chi connectivity index (χ0) is 12.9. The van der Waals surface area contributed by atoms with Gasteiger partial charge in [0.05, 0.1) is 6.54 Å². The molecule has 3 N–H and O–H groups in total. The topological polar surface area (TPSA) is 75.4 Å². The van der Waals surface area contributed by atoms with Crippen LogP contribution in [-0.4, -0.2) is 42.4 Å². The van der Waals surface area contributed by atoms with Crippen LogP contribution in [0.1, 0.15) is 39.0 Å². The third kappa shape index (κ3) is 4.34. The number of carbonyl (C=O) groups excluding carboxylic acids is 2. The summed E-state index contributed by atoms with van der Waals surface area (Å²) in [6.07, 6.45) is 4.37. The van der Waals surface area contributed by atoms with Crippen LogP contribution in [0.5, 0.6) is 0 Å². The SMILES string of the molecule is CCNC(=O)CN(C)C(=O)CC1(N)CCCC1. The van der Waals surface area contributed by atoms with E-state index in [0.717, 1.165) is 25.7 Å². The molecule has 0 spiro atoms. The van der Waals surface area contributed by atoms with E-state index in [0.29, 0.717) is 13.0 Å². The second-order valence-corrected chi connectivity index (χ2v) is 4.95. The van der Waals surface area contributed by atoms with E-state index in [1.54, 1.807) is 7.05 Å². The molecule has 5 heteroatoms. The van der Waals surface area contributed by atoms with Gasteiger partial charge in [0.2, 0.25) is 11.8 Å². The monoisotopic (exact) mass is 241 g/mol. The van der Waals surface area contributed by atoms with Crippen LogP contribution in [0.3, 0.4) is 0 Å². The number of hydrogen-bond donors (Lipinski definition) is 2. The van der Waals surface area contributed by atoms with Gasteiger partial charge in [0.25, 0.3) is 0 Å². The van der Waals surface area contributed by atoms with Gasteiger partial charge in [-0.25, -0.2) is 0 Å². The molecule has 1 saturated carbocycles. The van der Waals surface area contributed by atoms with E-state index in [1.165, 1.54) is 4.90 Å². The van der Waals surface area contributed by atoms with E-state index >= 15 is 0 Å². The summed E-state index contributed by atoms with van der Waals surface area (Å²) in [5.41, 5.74) is 5.80. The molecule has 17 heavy (non-hydrogen) atoms. The molecular weight excluding hydrogens is 218 g/mol. The zero-order valence-electron chi connectivity index (χ0n) is 10.8. The van der Waals surface area contributed by atoms with Crippen LogP contribution in [0.25, 0.3) is 0 Å². The second kappa shape index (κ2) is 6.00. The Morgan fingerprint density at radius 2 is 1.94 bits per heavy atom. The summed E-state index contributed by atoms with van der Waals surface area (Å²) in [6, 6.07) is 0. The summed E-state index contributed by atoms with van der Waals surface area (Å²) >= 11 is 0. The van der Waals surface area contributed by atoms with Crippen molar-refractivity contribution >= 4 is 11.8 Å². The molecule has 0 aromatic rings. The van der Waals surface area contributed by atoms with Crippen molar-refractivity contribution in [3.05, 3.63) is 0 Å². The Kier molecular flexibility index (Phi) is 4.93. The third-order valence-electron chi connectivity index (χ3n) is 3.28. The van der Waals surface area contributed by atoms with Crippen molar-refractivity contribution in [3.63, 3.8) is 0 Å². The van der Waals surface area contributed by atoms with Crippen molar-refractivity contribution in [1.82, 2.24) is 10.2 Å². The van der Waals surface area contributed by atoms with Crippen molar-refractivity contribution in [1.29, 1.82) is 0 Å². The molecule has 0 aromatic carbocycles. The van der Waals surface area contributed by atoms with Crippen LogP contribution in [0.15, 0.2) is 0 Å². The molecule has 2 amide bonds. The van der Waals surface area contributed by atoms with Gasteiger partial charge in [0.1, 0.15) is 0 Å². The fourth-order valence-corrected chi connectivity index (χ4v) is 2.25. The predicted octanol–water partition coefficient (Wildman–Crippen LogP) is 0.243. The van der Waals surface area contributed by atoms with Crippen molar-refractivity contribution in [2.75, 3.05) is 20.1 Å². The first-order valence-electron chi connectivity index (χ1n) is 6.26. The molecule has 0 aromatic heterocycles. The van der Waals surface area contributed by atoms with Gasteiger partial charge in [-0.2, -0.15) is 0 Å². The average molecular weight is 241 g/mol. The summed E-state index contributed by atoms with van der Waals surface area (Å²) in [7, 11) is 1.65. The highest BCUT2D eigenvalue weighted by Crippen LogP contribution is 2.30. The molecule has 0 aliphatic heterocycles. The minimum absolute atomic E-state index is 0.0411. The number of hydrogen-bond acceptors (Lipinski definition) is 3. The standard InChI is InChI=1S/C12H23N3O2/c1-3-14-10(16)9-15(2)11(17)8-12(13)6-4-5-7-12/h3-9,13H2,1-2H3,(H,14,16). The molecule has 98 valence electrons. The van der Waals surface area contributed by atoms with Gasteiger partial charge in [-0.1, -0.05) is 12.8 Å². The van der Waals surface area contributed by atoms with Crippen LogP contribution in [0.2, 0.25) is 0 Å². The smallest absolute Gasteiger partial charge is 0.239 e. The molecule has 0 unspecified atom stereocenters. The fraction of sp³-hybridized carbons (Fsp3) is 0.833. The van der Waals surface area contributed by atoms with Gasteiger partial charge in [-0.3, -0.25) is 9.59 Å². The fourth-order valence-electron chi connectivity index (χ4n) is 2.25. The van der Waals surface area contributed by atoms with E-state index in [4.69, 9.17) is 5.73 Å². The summed E-state index contributed by atoms with van der Waals surface area (Å²) < 4.78 is 0. The Hall–Kier alpha value is -1.10.